The van der Waals surface area contributed by atoms with Crippen LogP contribution < -0.4 is 14.4 Å². The van der Waals surface area contributed by atoms with E-state index in [1.807, 2.05) is 40.7 Å². The number of carbonyl (C=O) groups excluding carboxylic acids is 1. The van der Waals surface area contributed by atoms with E-state index in [2.05, 4.69) is 4.72 Å². The molecule has 0 saturated heterocycles. The molecule has 156 valence electrons. The molecule has 0 aromatic heterocycles. The quantitative estimate of drug-likeness (QED) is 0.792. The summed E-state index contributed by atoms with van der Waals surface area (Å²) in [6, 6.07) is 11.8. The molecule has 1 aliphatic rings. The van der Waals surface area contributed by atoms with Gasteiger partial charge in [-0.05, 0) is 62.6 Å². The molecular weight excluding hydrogens is 388 g/mol. The number of nitrogens with one attached hydrogen (secondary N) is 1. The van der Waals surface area contributed by atoms with Gasteiger partial charge in [-0.1, -0.05) is 26.0 Å². The number of hydrogen-bond donors (Lipinski definition) is 1. The molecule has 0 fully saturated rings. The number of carbonyl (C=O) groups is 1. The van der Waals surface area contributed by atoms with Crippen molar-refractivity contribution in [2.45, 2.75) is 39.5 Å². The molecule has 2 aromatic rings. The van der Waals surface area contributed by atoms with Gasteiger partial charge in [0.2, 0.25) is 5.91 Å². The highest BCUT2D eigenvalue weighted by Crippen LogP contribution is 2.39. The molecule has 0 unspecified atom stereocenters. The molecule has 0 saturated carbocycles. The number of fused-ring (bicyclic) bond motifs is 1. The smallest absolute Gasteiger partial charge is 0.261 e. The lowest BCUT2D eigenvalue weighted by atomic mass is 9.92. The monoisotopic (exact) mass is 416 g/mol. The minimum Gasteiger partial charge on any atom is -0.490 e. The number of anilines is 2. The van der Waals surface area contributed by atoms with E-state index in [9.17, 15) is 13.2 Å². The fourth-order valence-electron chi connectivity index (χ4n) is 3.25. The Balaban J connectivity index is 2.00. The second kappa shape index (κ2) is 7.71. The molecule has 1 aliphatic heterocycles. The van der Waals surface area contributed by atoms with Crippen LogP contribution in [0.3, 0.4) is 0 Å². The zero-order chi connectivity index (χ0) is 21.4. The average molecular weight is 417 g/mol. The summed E-state index contributed by atoms with van der Waals surface area (Å²) in [4.78, 5) is 15.0. The Hall–Kier alpha value is -2.54. The molecule has 1 N–H and O–H groups in total. The fourth-order valence-corrected chi connectivity index (χ4v) is 4.41. The maximum atomic E-state index is 13.1. The van der Waals surface area contributed by atoms with Crippen LogP contribution in [0.15, 0.2) is 47.4 Å². The Morgan fingerprint density at radius 3 is 2.55 bits per heavy atom. The SMILES string of the molecule is Cc1cccc(S(=O)(=O)Nc2ccc3c(c2)N(CC(C)C)C(=O)C(C)(C)CO3)c1. The number of hydrogen-bond acceptors (Lipinski definition) is 4. The van der Waals surface area contributed by atoms with Crippen LogP contribution in [0, 0.1) is 18.3 Å². The van der Waals surface area contributed by atoms with Crippen LogP contribution >= 0.6 is 0 Å². The Bertz CT molecular complexity index is 1030. The largest absolute Gasteiger partial charge is 0.490 e. The van der Waals surface area contributed by atoms with E-state index in [4.69, 9.17) is 4.74 Å². The summed E-state index contributed by atoms with van der Waals surface area (Å²) in [5.41, 5.74) is 1.16. The van der Waals surface area contributed by atoms with Gasteiger partial charge >= 0.3 is 0 Å². The van der Waals surface area contributed by atoms with Gasteiger partial charge in [0.05, 0.1) is 21.7 Å². The van der Waals surface area contributed by atoms with Gasteiger partial charge in [-0.3, -0.25) is 9.52 Å². The van der Waals surface area contributed by atoms with Gasteiger partial charge in [0.25, 0.3) is 10.0 Å². The topological polar surface area (TPSA) is 75.7 Å². The van der Waals surface area contributed by atoms with Gasteiger partial charge in [0.1, 0.15) is 12.4 Å². The second-order valence-corrected chi connectivity index (χ2v) is 10.3. The van der Waals surface area contributed by atoms with E-state index in [0.717, 1.165) is 5.56 Å². The average Bonchev–Trinajstić information content (AvgIpc) is 2.72. The molecule has 7 heteroatoms. The third kappa shape index (κ3) is 4.56. The van der Waals surface area contributed by atoms with Crippen molar-refractivity contribution in [3.63, 3.8) is 0 Å². The maximum absolute atomic E-state index is 13.1. The van der Waals surface area contributed by atoms with Gasteiger partial charge in [-0.2, -0.15) is 0 Å². The minimum absolute atomic E-state index is 0.0383. The Morgan fingerprint density at radius 2 is 1.90 bits per heavy atom. The minimum atomic E-state index is -3.74. The van der Waals surface area contributed by atoms with Gasteiger partial charge in [-0.25, -0.2) is 8.42 Å². The summed E-state index contributed by atoms with van der Waals surface area (Å²) in [5, 5.41) is 0. The summed E-state index contributed by atoms with van der Waals surface area (Å²) in [6.07, 6.45) is 0. The van der Waals surface area contributed by atoms with Crippen LogP contribution in [0.1, 0.15) is 33.3 Å². The summed E-state index contributed by atoms with van der Waals surface area (Å²) >= 11 is 0. The van der Waals surface area contributed by atoms with Crippen LogP contribution in [-0.2, 0) is 14.8 Å². The number of aryl methyl sites for hydroxylation is 1. The van der Waals surface area contributed by atoms with Gasteiger partial charge in [0.15, 0.2) is 0 Å². The van der Waals surface area contributed by atoms with E-state index in [0.29, 0.717) is 23.7 Å². The van der Waals surface area contributed by atoms with Crippen LogP contribution in [0.4, 0.5) is 11.4 Å². The van der Waals surface area contributed by atoms with Gasteiger partial charge in [0, 0.05) is 6.54 Å². The maximum Gasteiger partial charge on any atom is 0.261 e. The summed E-state index contributed by atoms with van der Waals surface area (Å²) in [5.74, 6) is 0.778. The highest BCUT2D eigenvalue weighted by atomic mass is 32.2. The van der Waals surface area contributed by atoms with Crippen molar-refractivity contribution < 1.29 is 17.9 Å². The van der Waals surface area contributed by atoms with Crippen molar-refractivity contribution in [2.24, 2.45) is 11.3 Å². The highest BCUT2D eigenvalue weighted by molar-refractivity contribution is 7.92. The molecule has 0 spiro atoms. The van der Waals surface area contributed by atoms with Crippen molar-refractivity contribution in [1.29, 1.82) is 0 Å². The summed E-state index contributed by atoms with van der Waals surface area (Å²) in [6.45, 7) is 10.4. The molecule has 3 rings (SSSR count). The number of nitrogens with zero attached hydrogens (tertiary/aromatic N) is 1. The third-order valence-corrected chi connectivity index (χ3v) is 6.14. The van der Waals surface area contributed by atoms with E-state index < -0.39 is 15.4 Å². The van der Waals surface area contributed by atoms with E-state index in [1.165, 1.54) is 0 Å². The molecule has 29 heavy (non-hydrogen) atoms. The summed E-state index contributed by atoms with van der Waals surface area (Å²) in [7, 11) is -3.74. The molecule has 2 aromatic carbocycles. The van der Waals surface area contributed by atoms with E-state index >= 15 is 0 Å². The van der Waals surface area contributed by atoms with Crippen LogP contribution in [0.5, 0.6) is 5.75 Å². The first-order valence-electron chi connectivity index (χ1n) is 9.68. The van der Waals surface area contributed by atoms with E-state index in [-0.39, 0.29) is 23.3 Å². The zero-order valence-corrected chi connectivity index (χ0v) is 18.3. The van der Waals surface area contributed by atoms with E-state index in [1.54, 1.807) is 41.3 Å². The Kier molecular flexibility index (Phi) is 5.63. The third-order valence-electron chi connectivity index (χ3n) is 4.76. The van der Waals surface area contributed by atoms with Crippen LogP contribution in [0.25, 0.3) is 0 Å². The zero-order valence-electron chi connectivity index (χ0n) is 17.5. The normalized spacial score (nSPS) is 16.2. The predicted molar refractivity (Wildman–Crippen MR) is 115 cm³/mol. The van der Waals surface area contributed by atoms with Crippen LogP contribution in [-0.4, -0.2) is 27.5 Å². The molecule has 1 amide bonds. The standard InChI is InChI=1S/C22H28N2O4S/c1-15(2)13-24-19-12-17(9-10-20(19)28-14-22(4,5)21(24)25)23-29(26,27)18-8-6-7-16(3)11-18/h6-12,15,23H,13-14H2,1-5H3. The highest BCUT2D eigenvalue weighted by Gasteiger charge is 2.38. The van der Waals surface area contributed by atoms with Crippen molar-refractivity contribution >= 4 is 27.3 Å². The lowest BCUT2D eigenvalue weighted by molar-refractivity contribution is -0.127. The predicted octanol–water partition coefficient (Wildman–Crippen LogP) is 4.20. The molecular formula is C22H28N2O4S. The Labute approximate surface area is 172 Å². The first kappa shape index (κ1) is 21.2. The van der Waals surface area contributed by atoms with Crippen LogP contribution in [0.2, 0.25) is 0 Å². The first-order valence-corrected chi connectivity index (χ1v) is 11.2. The van der Waals surface area contributed by atoms with Crippen molar-refractivity contribution in [3.8, 4) is 5.75 Å². The molecule has 0 radical (unpaired) electrons. The lowest BCUT2D eigenvalue weighted by Gasteiger charge is -2.29. The number of sulfonamides is 1. The van der Waals surface area contributed by atoms with Crippen molar-refractivity contribution in [1.82, 2.24) is 0 Å². The van der Waals surface area contributed by atoms with Crippen molar-refractivity contribution in [2.75, 3.05) is 22.8 Å². The van der Waals surface area contributed by atoms with Crippen molar-refractivity contribution in [3.05, 3.63) is 48.0 Å². The number of rotatable bonds is 5. The molecule has 0 atom stereocenters. The molecule has 6 nitrogen and oxygen atoms in total. The molecule has 1 heterocycles. The van der Waals surface area contributed by atoms with Gasteiger partial charge in [-0.15, -0.1) is 0 Å². The van der Waals surface area contributed by atoms with Gasteiger partial charge < -0.3 is 9.64 Å². The Morgan fingerprint density at radius 1 is 1.17 bits per heavy atom. The summed E-state index contributed by atoms with van der Waals surface area (Å²) < 4.78 is 34.1. The number of amides is 1. The fraction of sp³-hybridized carbons (Fsp3) is 0.409. The second-order valence-electron chi connectivity index (χ2n) is 8.59. The molecule has 0 bridgehead atoms. The number of ether oxygens (including phenoxy) is 1. The lowest BCUT2D eigenvalue weighted by Crippen LogP contribution is -2.43. The molecule has 0 aliphatic carbocycles. The first-order chi connectivity index (χ1) is 13.5. The number of benzene rings is 2.